The van der Waals surface area contributed by atoms with Gasteiger partial charge in [-0.3, -0.25) is 0 Å². The van der Waals surface area contributed by atoms with Crippen LogP contribution in [0.3, 0.4) is 0 Å². The van der Waals surface area contributed by atoms with Gasteiger partial charge in [0.15, 0.2) is 11.5 Å². The molecule has 5 nitrogen and oxygen atoms in total. The van der Waals surface area contributed by atoms with Crippen LogP contribution < -0.4 is 5.32 Å². The van der Waals surface area contributed by atoms with Crippen molar-refractivity contribution in [2.24, 2.45) is 0 Å². The van der Waals surface area contributed by atoms with Gasteiger partial charge in [0.25, 0.3) is 0 Å². The van der Waals surface area contributed by atoms with Gasteiger partial charge in [-0.2, -0.15) is 0 Å². The zero-order valence-corrected chi connectivity index (χ0v) is 10.3. The molecule has 0 aliphatic heterocycles. The van der Waals surface area contributed by atoms with E-state index < -0.39 is 5.97 Å². The van der Waals surface area contributed by atoms with E-state index >= 15 is 0 Å². The normalized spacial score (nSPS) is 12.3. The number of rotatable bonds is 5. The Bertz CT molecular complexity index is 566. The minimum absolute atomic E-state index is 0.0148. The second-order valence-electron chi connectivity index (χ2n) is 4.14. The maximum Gasteiger partial charge on any atom is 0.358 e. The van der Waals surface area contributed by atoms with Crippen LogP contribution in [0.25, 0.3) is 0 Å². The first-order chi connectivity index (χ1) is 9.06. The summed E-state index contributed by atoms with van der Waals surface area (Å²) in [4.78, 5) is 10.6. The highest BCUT2D eigenvalue weighted by Gasteiger charge is 2.11. The van der Waals surface area contributed by atoms with Crippen LogP contribution in [0.15, 0.2) is 34.9 Å². The first-order valence-corrected chi connectivity index (χ1v) is 5.74. The molecule has 0 unspecified atom stereocenters. The van der Waals surface area contributed by atoms with Crippen LogP contribution in [0.5, 0.6) is 0 Å². The lowest BCUT2D eigenvalue weighted by Gasteiger charge is -2.12. The Morgan fingerprint density at radius 3 is 2.74 bits per heavy atom. The van der Waals surface area contributed by atoms with Crippen molar-refractivity contribution in [3.63, 3.8) is 0 Å². The average molecular weight is 264 g/mol. The topological polar surface area (TPSA) is 75.4 Å². The van der Waals surface area contributed by atoms with Crippen LogP contribution in [0.1, 0.15) is 34.8 Å². The molecule has 2 rings (SSSR count). The first kappa shape index (κ1) is 13.2. The predicted octanol–water partition coefficient (Wildman–Crippen LogP) is 2.36. The molecular formula is C13H13FN2O3. The Morgan fingerprint density at radius 2 is 2.16 bits per heavy atom. The number of aromatic carboxylic acids is 1. The van der Waals surface area contributed by atoms with E-state index in [0.29, 0.717) is 12.3 Å². The summed E-state index contributed by atoms with van der Waals surface area (Å²) in [7, 11) is 0. The molecule has 0 saturated carbocycles. The fourth-order valence-corrected chi connectivity index (χ4v) is 1.62. The van der Waals surface area contributed by atoms with Crippen molar-refractivity contribution in [3.05, 3.63) is 53.2 Å². The maximum absolute atomic E-state index is 12.8. The third-order valence-electron chi connectivity index (χ3n) is 2.73. The Hall–Kier alpha value is -2.21. The van der Waals surface area contributed by atoms with E-state index in [1.165, 1.54) is 18.2 Å². The fraction of sp³-hybridized carbons (Fsp3) is 0.231. The largest absolute Gasteiger partial charge is 0.476 e. The van der Waals surface area contributed by atoms with Gasteiger partial charge in [-0.15, -0.1) is 0 Å². The number of carbonyl (C=O) groups is 1. The van der Waals surface area contributed by atoms with Gasteiger partial charge >= 0.3 is 5.97 Å². The summed E-state index contributed by atoms with van der Waals surface area (Å²) < 4.78 is 17.7. The Morgan fingerprint density at radius 1 is 1.47 bits per heavy atom. The van der Waals surface area contributed by atoms with Crippen molar-refractivity contribution in [1.82, 2.24) is 10.5 Å². The minimum atomic E-state index is -1.12. The van der Waals surface area contributed by atoms with Crippen molar-refractivity contribution >= 4 is 5.97 Å². The standard InChI is InChI=1S/C13H13FN2O3/c1-8(9-2-4-10(14)5-3-9)15-7-11-6-12(13(17)18)16-19-11/h2-6,8,15H,7H2,1H3,(H,17,18)/t8-/m1/s1. The number of hydrogen-bond acceptors (Lipinski definition) is 4. The quantitative estimate of drug-likeness (QED) is 0.867. The van der Waals surface area contributed by atoms with Gasteiger partial charge in [0, 0.05) is 12.1 Å². The lowest BCUT2D eigenvalue weighted by atomic mass is 10.1. The summed E-state index contributed by atoms with van der Waals surface area (Å²) in [6, 6.07) is 7.52. The molecule has 1 aromatic heterocycles. The van der Waals surface area contributed by atoms with E-state index in [0.717, 1.165) is 5.56 Å². The highest BCUT2D eigenvalue weighted by atomic mass is 19.1. The number of nitrogens with one attached hydrogen (secondary N) is 1. The van der Waals surface area contributed by atoms with Crippen LogP contribution in [-0.4, -0.2) is 16.2 Å². The van der Waals surface area contributed by atoms with Crippen LogP contribution in [0, 0.1) is 5.82 Å². The van der Waals surface area contributed by atoms with Crippen molar-refractivity contribution in [2.75, 3.05) is 0 Å². The highest BCUT2D eigenvalue weighted by molar-refractivity contribution is 5.85. The van der Waals surface area contributed by atoms with Crippen LogP contribution in [0.4, 0.5) is 4.39 Å². The molecular weight excluding hydrogens is 251 g/mol. The molecule has 0 saturated heterocycles. The predicted molar refractivity (Wildman–Crippen MR) is 65.1 cm³/mol. The second-order valence-corrected chi connectivity index (χ2v) is 4.14. The summed E-state index contributed by atoms with van der Waals surface area (Å²) >= 11 is 0. The number of hydrogen-bond donors (Lipinski definition) is 2. The zero-order valence-electron chi connectivity index (χ0n) is 10.3. The Balaban J connectivity index is 1.94. The summed E-state index contributed by atoms with van der Waals surface area (Å²) in [5, 5.41) is 15.3. The highest BCUT2D eigenvalue weighted by Crippen LogP contribution is 2.14. The van der Waals surface area contributed by atoms with E-state index in [1.54, 1.807) is 12.1 Å². The number of halogens is 1. The molecule has 2 N–H and O–H groups in total. The van der Waals surface area contributed by atoms with Crippen molar-refractivity contribution in [3.8, 4) is 0 Å². The minimum Gasteiger partial charge on any atom is -0.476 e. The van der Waals surface area contributed by atoms with Crippen molar-refractivity contribution in [1.29, 1.82) is 0 Å². The zero-order chi connectivity index (χ0) is 13.8. The molecule has 1 heterocycles. The van der Waals surface area contributed by atoms with E-state index in [2.05, 4.69) is 10.5 Å². The number of nitrogens with zero attached hydrogens (tertiary/aromatic N) is 1. The van der Waals surface area contributed by atoms with E-state index in [4.69, 9.17) is 9.63 Å². The smallest absolute Gasteiger partial charge is 0.358 e. The molecule has 100 valence electrons. The lowest BCUT2D eigenvalue weighted by molar-refractivity contribution is 0.0685. The molecule has 0 spiro atoms. The lowest BCUT2D eigenvalue weighted by Crippen LogP contribution is -2.17. The molecule has 1 atom stereocenters. The molecule has 0 bridgehead atoms. The van der Waals surface area contributed by atoms with Gasteiger partial charge in [0.1, 0.15) is 5.82 Å². The van der Waals surface area contributed by atoms with Gasteiger partial charge in [0.2, 0.25) is 0 Å². The monoisotopic (exact) mass is 264 g/mol. The maximum atomic E-state index is 12.8. The Kier molecular flexibility index (Phi) is 3.91. The SMILES string of the molecule is C[C@@H](NCc1cc(C(=O)O)no1)c1ccc(F)cc1. The van der Waals surface area contributed by atoms with Gasteiger partial charge in [0.05, 0.1) is 6.54 Å². The molecule has 0 radical (unpaired) electrons. The molecule has 0 amide bonds. The van der Waals surface area contributed by atoms with Crippen molar-refractivity contribution in [2.45, 2.75) is 19.5 Å². The van der Waals surface area contributed by atoms with E-state index in [1.807, 2.05) is 6.92 Å². The summed E-state index contributed by atoms with van der Waals surface area (Å²) in [5.41, 5.74) is 0.811. The molecule has 1 aromatic carbocycles. The summed E-state index contributed by atoms with van der Waals surface area (Å²) in [5.74, 6) is -0.967. The van der Waals surface area contributed by atoms with Gasteiger partial charge in [-0.05, 0) is 24.6 Å². The van der Waals surface area contributed by atoms with Gasteiger partial charge in [-0.25, -0.2) is 9.18 Å². The van der Waals surface area contributed by atoms with E-state index in [9.17, 15) is 9.18 Å². The average Bonchev–Trinajstić information content (AvgIpc) is 2.86. The van der Waals surface area contributed by atoms with Crippen LogP contribution >= 0.6 is 0 Å². The molecule has 2 aromatic rings. The van der Waals surface area contributed by atoms with Crippen molar-refractivity contribution < 1.29 is 18.8 Å². The summed E-state index contributed by atoms with van der Waals surface area (Å²) in [6.45, 7) is 2.26. The number of carboxylic acids is 1. The van der Waals surface area contributed by atoms with Crippen LogP contribution in [0.2, 0.25) is 0 Å². The second kappa shape index (κ2) is 5.62. The van der Waals surface area contributed by atoms with Gasteiger partial charge in [-0.1, -0.05) is 17.3 Å². The summed E-state index contributed by atoms with van der Waals surface area (Å²) in [6.07, 6.45) is 0. The van der Waals surface area contributed by atoms with Crippen LogP contribution in [-0.2, 0) is 6.54 Å². The van der Waals surface area contributed by atoms with Gasteiger partial charge < -0.3 is 14.9 Å². The number of carboxylic acid groups (broad SMARTS) is 1. The number of benzene rings is 1. The van der Waals surface area contributed by atoms with E-state index in [-0.39, 0.29) is 17.6 Å². The molecule has 19 heavy (non-hydrogen) atoms. The molecule has 6 heteroatoms. The third kappa shape index (κ3) is 3.38. The fourth-order valence-electron chi connectivity index (χ4n) is 1.62. The molecule has 0 fully saturated rings. The molecule has 0 aliphatic rings. The first-order valence-electron chi connectivity index (χ1n) is 5.74. The third-order valence-corrected chi connectivity index (χ3v) is 2.73. The Labute approximate surface area is 109 Å². The molecule has 0 aliphatic carbocycles. The number of aromatic nitrogens is 1.